The Kier molecular flexibility index (Phi) is 5.78. The highest BCUT2D eigenvalue weighted by Crippen LogP contribution is 2.31. The van der Waals surface area contributed by atoms with Crippen molar-refractivity contribution in [3.8, 4) is 11.5 Å². The highest BCUT2D eigenvalue weighted by atomic mass is 32.2. The zero-order valence-corrected chi connectivity index (χ0v) is 18.1. The van der Waals surface area contributed by atoms with Crippen LogP contribution in [0.15, 0.2) is 52.7 Å². The molecule has 2 heterocycles. The zero-order chi connectivity index (χ0) is 20.4. The van der Waals surface area contributed by atoms with Crippen molar-refractivity contribution in [2.24, 2.45) is 0 Å². The van der Waals surface area contributed by atoms with Gasteiger partial charge in [-0.15, -0.1) is 11.3 Å². The summed E-state index contributed by atoms with van der Waals surface area (Å²) in [7, 11) is -0.659. The minimum absolute atomic E-state index is 0.150. The Balaban J connectivity index is 1.48. The molecule has 0 atom stereocenters. The summed E-state index contributed by atoms with van der Waals surface area (Å²) >= 11 is 1.75. The number of thiophene rings is 1. The lowest BCUT2D eigenvalue weighted by molar-refractivity contribution is 0.182. The second-order valence-corrected chi connectivity index (χ2v) is 9.77. The van der Waals surface area contributed by atoms with Gasteiger partial charge in [-0.25, -0.2) is 8.42 Å². The molecule has 0 saturated carbocycles. The van der Waals surface area contributed by atoms with Crippen LogP contribution in [0.25, 0.3) is 10.1 Å². The first-order valence-corrected chi connectivity index (χ1v) is 11.7. The van der Waals surface area contributed by atoms with Gasteiger partial charge >= 0.3 is 0 Å². The molecular formula is C21H24N2O4S2. The van der Waals surface area contributed by atoms with E-state index in [0.717, 1.165) is 6.54 Å². The molecule has 0 radical (unpaired) electrons. The fourth-order valence-electron chi connectivity index (χ4n) is 3.65. The van der Waals surface area contributed by atoms with E-state index in [1.807, 2.05) is 0 Å². The van der Waals surface area contributed by atoms with E-state index >= 15 is 0 Å². The third-order valence-electron chi connectivity index (χ3n) is 5.27. The number of hydrogen-bond acceptors (Lipinski definition) is 6. The molecule has 1 aromatic heterocycles. The number of nitrogens with zero attached hydrogens (tertiary/aromatic N) is 2. The van der Waals surface area contributed by atoms with E-state index in [9.17, 15) is 8.42 Å². The second-order valence-electron chi connectivity index (χ2n) is 6.95. The maximum Gasteiger partial charge on any atom is 0.246 e. The van der Waals surface area contributed by atoms with Crippen molar-refractivity contribution in [2.75, 3.05) is 40.4 Å². The molecule has 0 spiro atoms. The summed E-state index contributed by atoms with van der Waals surface area (Å²) in [5.41, 5.74) is 1.30. The van der Waals surface area contributed by atoms with Gasteiger partial charge in [-0.1, -0.05) is 18.2 Å². The molecule has 8 heteroatoms. The minimum Gasteiger partial charge on any atom is -0.497 e. The molecule has 6 nitrogen and oxygen atoms in total. The number of piperazine rings is 1. The van der Waals surface area contributed by atoms with E-state index in [4.69, 9.17) is 9.47 Å². The first-order valence-electron chi connectivity index (χ1n) is 9.42. The van der Waals surface area contributed by atoms with Gasteiger partial charge in [-0.05, 0) is 34.5 Å². The predicted molar refractivity (Wildman–Crippen MR) is 115 cm³/mol. The van der Waals surface area contributed by atoms with Crippen LogP contribution in [0.5, 0.6) is 11.5 Å². The highest BCUT2D eigenvalue weighted by molar-refractivity contribution is 7.89. The summed E-state index contributed by atoms with van der Waals surface area (Å²) in [5.74, 6) is 0.824. The Morgan fingerprint density at radius 1 is 1.00 bits per heavy atom. The van der Waals surface area contributed by atoms with E-state index in [0.29, 0.717) is 37.7 Å². The molecule has 0 amide bonds. The number of hydrogen-bond donors (Lipinski definition) is 0. The van der Waals surface area contributed by atoms with Gasteiger partial charge in [-0.2, -0.15) is 4.31 Å². The van der Waals surface area contributed by atoms with Crippen LogP contribution in [0, 0.1) is 0 Å². The summed E-state index contributed by atoms with van der Waals surface area (Å²) in [5, 5.41) is 3.49. The van der Waals surface area contributed by atoms with Crippen LogP contribution in [-0.2, 0) is 16.6 Å². The largest absolute Gasteiger partial charge is 0.497 e. The predicted octanol–water partition coefficient (Wildman–Crippen LogP) is 3.43. The molecule has 29 heavy (non-hydrogen) atoms. The minimum atomic E-state index is -3.65. The quantitative estimate of drug-likeness (QED) is 0.597. The van der Waals surface area contributed by atoms with E-state index in [-0.39, 0.29) is 4.90 Å². The number of benzene rings is 2. The third kappa shape index (κ3) is 3.98. The number of rotatable bonds is 6. The van der Waals surface area contributed by atoms with Crippen molar-refractivity contribution in [1.82, 2.24) is 9.21 Å². The second kappa shape index (κ2) is 8.31. The fraction of sp³-hybridized carbons (Fsp3) is 0.333. The van der Waals surface area contributed by atoms with Crippen LogP contribution in [0.2, 0.25) is 0 Å². The monoisotopic (exact) mass is 432 g/mol. The first-order chi connectivity index (χ1) is 14.0. The molecule has 4 rings (SSSR count). The van der Waals surface area contributed by atoms with Gasteiger partial charge in [0.2, 0.25) is 10.0 Å². The molecule has 1 aliphatic rings. The molecule has 0 unspecified atom stereocenters. The van der Waals surface area contributed by atoms with Crippen LogP contribution in [0.1, 0.15) is 5.56 Å². The topological polar surface area (TPSA) is 59.1 Å². The van der Waals surface area contributed by atoms with Crippen molar-refractivity contribution in [2.45, 2.75) is 11.4 Å². The summed E-state index contributed by atoms with van der Waals surface area (Å²) in [4.78, 5) is 2.46. The lowest BCUT2D eigenvalue weighted by Crippen LogP contribution is -2.48. The molecule has 0 bridgehead atoms. The molecule has 1 aliphatic heterocycles. The number of ether oxygens (including phenoxy) is 2. The maximum absolute atomic E-state index is 13.2. The van der Waals surface area contributed by atoms with Crippen LogP contribution in [0.4, 0.5) is 0 Å². The van der Waals surface area contributed by atoms with Gasteiger partial charge in [0, 0.05) is 43.5 Å². The molecule has 2 aromatic carbocycles. The number of sulfonamides is 1. The summed E-state index contributed by atoms with van der Waals surface area (Å²) in [6.07, 6.45) is 0. The van der Waals surface area contributed by atoms with Crippen LogP contribution >= 0.6 is 11.3 Å². The van der Waals surface area contributed by atoms with Crippen LogP contribution < -0.4 is 9.47 Å². The Bertz CT molecular complexity index is 1100. The molecular weight excluding hydrogens is 408 g/mol. The summed E-state index contributed by atoms with van der Waals surface area (Å²) in [6.45, 7) is 3.11. The standard InChI is InChI=1S/C21H24N2O4S2/c1-26-17-7-8-19(27-2)21(13-17)29(24,25)23-11-9-22(10-12-23)14-16-15-28-20-6-4-3-5-18(16)20/h3-8,13,15H,9-12,14H2,1-2H3. The molecule has 154 valence electrons. The lowest BCUT2D eigenvalue weighted by Gasteiger charge is -2.34. The van der Waals surface area contributed by atoms with E-state index in [2.05, 4.69) is 34.5 Å². The molecule has 3 aromatic rings. The van der Waals surface area contributed by atoms with Crippen molar-refractivity contribution >= 4 is 31.4 Å². The van der Waals surface area contributed by atoms with Gasteiger partial charge in [-0.3, -0.25) is 4.90 Å². The summed E-state index contributed by atoms with van der Waals surface area (Å²) in [6, 6.07) is 13.2. The Labute approximate surface area is 175 Å². The molecule has 0 N–H and O–H groups in total. The van der Waals surface area contributed by atoms with Gasteiger partial charge in [0.25, 0.3) is 0 Å². The maximum atomic E-state index is 13.2. The van der Waals surface area contributed by atoms with Gasteiger partial charge in [0.15, 0.2) is 0 Å². The highest BCUT2D eigenvalue weighted by Gasteiger charge is 2.31. The smallest absolute Gasteiger partial charge is 0.246 e. The molecule has 1 saturated heterocycles. The SMILES string of the molecule is COc1ccc(OC)c(S(=O)(=O)N2CCN(Cc3csc4ccccc34)CC2)c1. The Morgan fingerprint density at radius 2 is 1.76 bits per heavy atom. The molecule has 0 aliphatic carbocycles. The number of fused-ring (bicyclic) bond motifs is 1. The average Bonchev–Trinajstić information content (AvgIpc) is 3.16. The van der Waals surface area contributed by atoms with Crippen molar-refractivity contribution in [3.05, 3.63) is 53.4 Å². The van der Waals surface area contributed by atoms with Crippen molar-refractivity contribution in [1.29, 1.82) is 0 Å². The van der Waals surface area contributed by atoms with Crippen molar-refractivity contribution < 1.29 is 17.9 Å². The van der Waals surface area contributed by atoms with E-state index < -0.39 is 10.0 Å². The number of methoxy groups -OCH3 is 2. The lowest BCUT2D eigenvalue weighted by atomic mass is 10.1. The Morgan fingerprint density at radius 3 is 2.48 bits per heavy atom. The van der Waals surface area contributed by atoms with E-state index in [1.165, 1.54) is 40.2 Å². The van der Waals surface area contributed by atoms with Gasteiger partial charge in [0.1, 0.15) is 16.4 Å². The van der Waals surface area contributed by atoms with Crippen molar-refractivity contribution in [3.63, 3.8) is 0 Å². The summed E-state index contributed by atoms with van der Waals surface area (Å²) < 4.78 is 39.7. The zero-order valence-electron chi connectivity index (χ0n) is 16.5. The Hall–Kier alpha value is -2.13. The van der Waals surface area contributed by atoms with Gasteiger partial charge < -0.3 is 9.47 Å². The van der Waals surface area contributed by atoms with E-state index in [1.54, 1.807) is 23.5 Å². The average molecular weight is 433 g/mol. The third-order valence-corrected chi connectivity index (χ3v) is 8.21. The van der Waals surface area contributed by atoms with Crippen LogP contribution in [-0.4, -0.2) is 58.0 Å². The first kappa shape index (κ1) is 20.2. The normalized spacial score (nSPS) is 16.2. The van der Waals surface area contributed by atoms with Crippen LogP contribution in [0.3, 0.4) is 0 Å². The fourth-order valence-corrected chi connectivity index (χ4v) is 6.20. The molecule has 1 fully saturated rings. The van der Waals surface area contributed by atoms with Gasteiger partial charge in [0.05, 0.1) is 14.2 Å².